The van der Waals surface area contributed by atoms with Crippen LogP contribution >= 0.6 is 0 Å². The third-order valence-electron chi connectivity index (χ3n) is 3.98. The molecule has 3 rings (SSSR count). The number of hydrogen-bond donors (Lipinski definition) is 1. The van der Waals surface area contributed by atoms with Crippen molar-refractivity contribution >= 4 is 17.4 Å². The van der Waals surface area contributed by atoms with Crippen molar-refractivity contribution in [2.24, 2.45) is 0 Å². The molecule has 0 aliphatic carbocycles. The normalized spacial score (nSPS) is 14.2. The smallest absolute Gasteiger partial charge is 0.322 e. The summed E-state index contributed by atoms with van der Waals surface area (Å²) in [7, 11) is 0. The zero-order chi connectivity index (χ0) is 16.1. The summed E-state index contributed by atoms with van der Waals surface area (Å²) in [6.45, 7) is 2.93. The number of urea groups is 1. The highest BCUT2D eigenvalue weighted by Gasteiger charge is 2.21. The molecule has 1 aliphatic rings. The molecule has 2 amide bonds. The van der Waals surface area contributed by atoms with Crippen molar-refractivity contribution in [3.05, 3.63) is 60.2 Å². The first-order valence-electron chi connectivity index (χ1n) is 7.63. The number of para-hydroxylation sites is 2. The summed E-state index contributed by atoms with van der Waals surface area (Å²) in [5.74, 6) is 0. The predicted molar refractivity (Wildman–Crippen MR) is 90.4 cm³/mol. The zero-order valence-electron chi connectivity index (χ0n) is 12.8. The summed E-state index contributed by atoms with van der Waals surface area (Å²) in [6, 6.07) is 19.2. The number of anilines is 2. The number of nitriles is 1. The van der Waals surface area contributed by atoms with Gasteiger partial charge in [-0.05, 0) is 24.3 Å². The van der Waals surface area contributed by atoms with E-state index < -0.39 is 0 Å². The van der Waals surface area contributed by atoms with E-state index in [1.54, 1.807) is 23.1 Å². The average molecular weight is 306 g/mol. The van der Waals surface area contributed by atoms with Crippen LogP contribution in [0.5, 0.6) is 0 Å². The van der Waals surface area contributed by atoms with Crippen LogP contribution in [0.15, 0.2) is 54.6 Å². The molecule has 1 N–H and O–H groups in total. The number of amides is 2. The molecule has 0 radical (unpaired) electrons. The van der Waals surface area contributed by atoms with Crippen LogP contribution < -0.4 is 10.2 Å². The number of carbonyl (C=O) groups is 1. The van der Waals surface area contributed by atoms with Gasteiger partial charge in [0.2, 0.25) is 0 Å². The number of benzene rings is 2. The lowest BCUT2D eigenvalue weighted by Gasteiger charge is -2.36. The van der Waals surface area contributed by atoms with Gasteiger partial charge in [0.05, 0.1) is 11.3 Å². The summed E-state index contributed by atoms with van der Waals surface area (Å²) in [6.07, 6.45) is 0. The van der Waals surface area contributed by atoms with Gasteiger partial charge >= 0.3 is 6.03 Å². The third-order valence-corrected chi connectivity index (χ3v) is 3.98. The fourth-order valence-corrected chi connectivity index (χ4v) is 2.69. The average Bonchev–Trinajstić information content (AvgIpc) is 2.63. The maximum absolute atomic E-state index is 12.4. The largest absolute Gasteiger partial charge is 0.368 e. The summed E-state index contributed by atoms with van der Waals surface area (Å²) in [5.41, 5.74) is 2.22. The fraction of sp³-hybridized carbons (Fsp3) is 0.222. The molecule has 23 heavy (non-hydrogen) atoms. The van der Waals surface area contributed by atoms with E-state index in [4.69, 9.17) is 5.26 Å². The molecule has 1 saturated heterocycles. The summed E-state index contributed by atoms with van der Waals surface area (Å²) in [5, 5.41) is 11.9. The Kier molecular flexibility index (Phi) is 4.44. The SMILES string of the molecule is N#Cc1ccccc1NC(=O)N1CCN(c2ccccc2)CC1. The molecule has 0 spiro atoms. The number of nitrogens with zero attached hydrogens (tertiary/aromatic N) is 3. The molecule has 5 heteroatoms. The molecule has 0 aromatic heterocycles. The van der Waals surface area contributed by atoms with Crippen LogP contribution in [0.25, 0.3) is 0 Å². The third kappa shape index (κ3) is 3.43. The number of rotatable bonds is 2. The number of piperazine rings is 1. The van der Waals surface area contributed by atoms with E-state index in [1.807, 2.05) is 24.3 Å². The highest BCUT2D eigenvalue weighted by Crippen LogP contribution is 2.17. The highest BCUT2D eigenvalue weighted by molar-refractivity contribution is 5.91. The molecular weight excluding hydrogens is 288 g/mol. The van der Waals surface area contributed by atoms with Gasteiger partial charge in [0.1, 0.15) is 6.07 Å². The van der Waals surface area contributed by atoms with Gasteiger partial charge in [-0.3, -0.25) is 0 Å². The Morgan fingerprint density at radius 1 is 0.957 bits per heavy atom. The molecule has 0 bridgehead atoms. The first-order valence-corrected chi connectivity index (χ1v) is 7.63. The second-order valence-corrected chi connectivity index (χ2v) is 5.40. The lowest BCUT2D eigenvalue weighted by Crippen LogP contribution is -2.50. The van der Waals surface area contributed by atoms with Crippen molar-refractivity contribution in [1.82, 2.24) is 4.90 Å². The minimum Gasteiger partial charge on any atom is -0.368 e. The minimum absolute atomic E-state index is 0.152. The van der Waals surface area contributed by atoms with E-state index in [2.05, 4.69) is 28.4 Å². The lowest BCUT2D eigenvalue weighted by molar-refractivity contribution is 0.208. The van der Waals surface area contributed by atoms with E-state index in [9.17, 15) is 4.79 Å². The van der Waals surface area contributed by atoms with Gasteiger partial charge in [0.15, 0.2) is 0 Å². The van der Waals surface area contributed by atoms with Crippen molar-refractivity contribution in [2.45, 2.75) is 0 Å². The van der Waals surface area contributed by atoms with Crippen LogP contribution in [0.1, 0.15) is 5.56 Å². The Morgan fingerprint density at radius 2 is 1.61 bits per heavy atom. The molecule has 2 aromatic rings. The van der Waals surface area contributed by atoms with E-state index in [0.717, 1.165) is 13.1 Å². The fourth-order valence-electron chi connectivity index (χ4n) is 2.69. The number of hydrogen-bond acceptors (Lipinski definition) is 3. The summed E-state index contributed by atoms with van der Waals surface area (Å²) < 4.78 is 0. The molecular formula is C18H18N4O. The predicted octanol–water partition coefficient (Wildman–Crippen LogP) is 2.91. The molecule has 1 heterocycles. The van der Waals surface area contributed by atoms with Gasteiger partial charge in [-0.25, -0.2) is 4.79 Å². The Labute approximate surface area is 135 Å². The number of nitrogens with one attached hydrogen (secondary N) is 1. The Bertz CT molecular complexity index is 715. The standard InChI is InChI=1S/C18H18N4O/c19-14-15-6-4-5-9-17(15)20-18(23)22-12-10-21(11-13-22)16-7-2-1-3-8-16/h1-9H,10-13H2,(H,20,23). The maximum atomic E-state index is 12.4. The zero-order valence-corrected chi connectivity index (χ0v) is 12.8. The molecule has 116 valence electrons. The number of carbonyl (C=O) groups excluding carboxylic acids is 1. The molecule has 0 atom stereocenters. The van der Waals surface area contributed by atoms with E-state index in [0.29, 0.717) is 24.3 Å². The van der Waals surface area contributed by atoms with Gasteiger partial charge in [0.25, 0.3) is 0 Å². The van der Waals surface area contributed by atoms with Gasteiger partial charge in [-0.1, -0.05) is 30.3 Å². The van der Waals surface area contributed by atoms with Crippen molar-refractivity contribution in [2.75, 3.05) is 36.4 Å². The maximum Gasteiger partial charge on any atom is 0.322 e. The van der Waals surface area contributed by atoms with Gasteiger partial charge in [0, 0.05) is 31.9 Å². The van der Waals surface area contributed by atoms with Crippen LogP contribution in [-0.4, -0.2) is 37.1 Å². The van der Waals surface area contributed by atoms with E-state index in [1.165, 1.54) is 5.69 Å². The lowest BCUT2D eigenvalue weighted by atomic mass is 10.2. The summed E-state index contributed by atoms with van der Waals surface area (Å²) >= 11 is 0. The second kappa shape index (κ2) is 6.84. The first kappa shape index (κ1) is 14.9. The molecule has 5 nitrogen and oxygen atoms in total. The Balaban J connectivity index is 1.59. The topological polar surface area (TPSA) is 59.4 Å². The first-order chi connectivity index (χ1) is 11.3. The van der Waals surface area contributed by atoms with Crippen LogP contribution in [0.2, 0.25) is 0 Å². The Hall–Kier alpha value is -3.00. The van der Waals surface area contributed by atoms with Crippen molar-refractivity contribution in [1.29, 1.82) is 5.26 Å². The molecule has 0 saturated carbocycles. The van der Waals surface area contributed by atoms with Crippen LogP contribution in [0.4, 0.5) is 16.2 Å². The van der Waals surface area contributed by atoms with Crippen molar-refractivity contribution < 1.29 is 4.79 Å². The monoisotopic (exact) mass is 306 g/mol. The second-order valence-electron chi connectivity index (χ2n) is 5.40. The molecule has 1 fully saturated rings. The highest BCUT2D eigenvalue weighted by atomic mass is 16.2. The van der Waals surface area contributed by atoms with Crippen LogP contribution in [0.3, 0.4) is 0 Å². The molecule has 2 aromatic carbocycles. The van der Waals surface area contributed by atoms with Gasteiger partial charge in [-0.15, -0.1) is 0 Å². The van der Waals surface area contributed by atoms with Crippen molar-refractivity contribution in [3.63, 3.8) is 0 Å². The minimum atomic E-state index is -0.152. The van der Waals surface area contributed by atoms with E-state index in [-0.39, 0.29) is 6.03 Å². The van der Waals surface area contributed by atoms with Gasteiger partial charge < -0.3 is 15.1 Å². The molecule has 0 unspecified atom stereocenters. The quantitative estimate of drug-likeness (QED) is 0.928. The van der Waals surface area contributed by atoms with Crippen LogP contribution in [-0.2, 0) is 0 Å². The van der Waals surface area contributed by atoms with Gasteiger partial charge in [-0.2, -0.15) is 5.26 Å². The molecule has 1 aliphatic heterocycles. The van der Waals surface area contributed by atoms with Crippen LogP contribution in [0, 0.1) is 11.3 Å². The van der Waals surface area contributed by atoms with Crippen molar-refractivity contribution in [3.8, 4) is 6.07 Å². The summed E-state index contributed by atoms with van der Waals surface area (Å²) in [4.78, 5) is 16.4. The Morgan fingerprint density at radius 3 is 2.30 bits per heavy atom. The van der Waals surface area contributed by atoms with E-state index >= 15 is 0 Å².